The van der Waals surface area contributed by atoms with Crippen LogP contribution in [-0.4, -0.2) is 50.7 Å². The molecule has 3 rings (SSSR count). The van der Waals surface area contributed by atoms with Gasteiger partial charge in [0.25, 0.3) is 0 Å². The molecule has 0 saturated carbocycles. The number of carbonyl (C=O) groups is 1. The van der Waals surface area contributed by atoms with Crippen LogP contribution in [0.4, 0.5) is 0 Å². The summed E-state index contributed by atoms with van der Waals surface area (Å²) in [5.41, 5.74) is 1.22. The van der Waals surface area contributed by atoms with E-state index in [0.717, 1.165) is 45.6 Å². The summed E-state index contributed by atoms with van der Waals surface area (Å²) < 4.78 is 5.13. The molecule has 0 spiro atoms. The molecule has 1 heterocycles. The Bertz CT molecular complexity index is 701. The number of carbonyl (C=O) groups excluding carboxylic acids is 1. The van der Waals surface area contributed by atoms with Gasteiger partial charge in [-0.05, 0) is 41.6 Å². The highest BCUT2D eigenvalue weighted by Gasteiger charge is 2.22. The maximum absolute atomic E-state index is 12.1. The number of rotatable bonds is 8. The van der Waals surface area contributed by atoms with Gasteiger partial charge in [-0.2, -0.15) is 0 Å². The second-order valence-electron chi connectivity index (χ2n) is 6.93. The van der Waals surface area contributed by atoms with E-state index >= 15 is 0 Å². The number of likely N-dealkylation sites (tertiary alicyclic amines) is 1. The van der Waals surface area contributed by atoms with E-state index in [4.69, 9.17) is 4.74 Å². The molecule has 25 heavy (non-hydrogen) atoms. The SMILES string of the molecule is COCCN1CC[C@H](CNC(=O)CCc2ccc3ccccc3c2)C1. The van der Waals surface area contributed by atoms with E-state index in [1.807, 2.05) is 0 Å². The van der Waals surface area contributed by atoms with Crippen molar-refractivity contribution in [2.75, 3.05) is 39.9 Å². The van der Waals surface area contributed by atoms with Crippen LogP contribution in [0.25, 0.3) is 10.8 Å². The zero-order valence-corrected chi connectivity index (χ0v) is 15.0. The summed E-state index contributed by atoms with van der Waals surface area (Å²) in [5, 5.41) is 5.60. The van der Waals surface area contributed by atoms with Gasteiger partial charge in [0, 0.05) is 33.2 Å². The Morgan fingerprint density at radius 1 is 1.24 bits per heavy atom. The molecular weight excluding hydrogens is 312 g/mol. The monoisotopic (exact) mass is 340 g/mol. The van der Waals surface area contributed by atoms with E-state index in [1.165, 1.54) is 16.3 Å². The van der Waals surface area contributed by atoms with Gasteiger partial charge >= 0.3 is 0 Å². The number of hydrogen-bond acceptors (Lipinski definition) is 3. The Kier molecular flexibility index (Phi) is 6.42. The zero-order valence-electron chi connectivity index (χ0n) is 15.0. The van der Waals surface area contributed by atoms with Crippen LogP contribution < -0.4 is 5.32 Å². The fraction of sp³-hybridized carbons (Fsp3) is 0.476. The Morgan fingerprint density at radius 3 is 2.92 bits per heavy atom. The van der Waals surface area contributed by atoms with Crippen LogP contribution >= 0.6 is 0 Å². The first-order chi connectivity index (χ1) is 12.2. The molecule has 0 bridgehead atoms. The maximum atomic E-state index is 12.1. The number of fused-ring (bicyclic) bond motifs is 1. The van der Waals surface area contributed by atoms with Crippen molar-refractivity contribution in [2.24, 2.45) is 5.92 Å². The first-order valence-corrected chi connectivity index (χ1v) is 9.20. The molecule has 2 aromatic rings. The molecule has 1 amide bonds. The van der Waals surface area contributed by atoms with Gasteiger partial charge in [0.05, 0.1) is 6.61 Å². The Hall–Kier alpha value is -1.91. The van der Waals surface area contributed by atoms with E-state index in [9.17, 15) is 4.79 Å². The van der Waals surface area contributed by atoms with Crippen molar-refractivity contribution in [3.63, 3.8) is 0 Å². The third-order valence-electron chi connectivity index (χ3n) is 5.02. The third kappa shape index (κ3) is 5.28. The van der Waals surface area contributed by atoms with Gasteiger partial charge in [0.1, 0.15) is 0 Å². The smallest absolute Gasteiger partial charge is 0.220 e. The fourth-order valence-corrected chi connectivity index (χ4v) is 3.50. The number of ether oxygens (including phenoxy) is 1. The number of amides is 1. The summed E-state index contributed by atoms with van der Waals surface area (Å²) in [7, 11) is 1.74. The lowest BCUT2D eigenvalue weighted by atomic mass is 10.0. The standard InChI is InChI=1S/C21H28N2O2/c1-25-13-12-23-11-10-18(16-23)15-22-21(24)9-7-17-6-8-19-4-2-3-5-20(19)14-17/h2-6,8,14,18H,7,9-13,15-16H2,1H3,(H,22,24)/t18-/m1/s1. The molecule has 1 fully saturated rings. The number of aryl methyl sites for hydroxylation is 1. The molecule has 1 atom stereocenters. The highest BCUT2D eigenvalue weighted by Crippen LogP contribution is 2.17. The van der Waals surface area contributed by atoms with E-state index < -0.39 is 0 Å². The molecule has 2 aromatic carbocycles. The normalized spacial score (nSPS) is 17.9. The molecular formula is C21H28N2O2. The molecule has 1 aliphatic heterocycles. The van der Waals surface area contributed by atoms with Crippen LogP contribution in [0, 0.1) is 5.92 Å². The van der Waals surface area contributed by atoms with E-state index in [-0.39, 0.29) is 5.91 Å². The number of benzene rings is 2. The largest absolute Gasteiger partial charge is 0.383 e. The lowest BCUT2D eigenvalue weighted by Crippen LogP contribution is -2.31. The van der Waals surface area contributed by atoms with Crippen molar-refractivity contribution in [2.45, 2.75) is 19.3 Å². The van der Waals surface area contributed by atoms with E-state index in [2.05, 4.69) is 52.7 Å². The summed E-state index contributed by atoms with van der Waals surface area (Å²) in [6.07, 6.45) is 2.51. The van der Waals surface area contributed by atoms with Gasteiger partial charge in [0.15, 0.2) is 0 Å². The first kappa shape index (κ1) is 17.9. The van der Waals surface area contributed by atoms with Crippen LogP contribution in [0.3, 0.4) is 0 Å². The summed E-state index contributed by atoms with van der Waals surface area (Å²) in [6.45, 7) is 4.74. The maximum Gasteiger partial charge on any atom is 0.220 e. The summed E-state index contributed by atoms with van der Waals surface area (Å²) in [6, 6.07) is 14.8. The molecule has 1 saturated heterocycles. The molecule has 0 unspecified atom stereocenters. The van der Waals surface area contributed by atoms with E-state index in [1.54, 1.807) is 7.11 Å². The molecule has 134 valence electrons. The highest BCUT2D eigenvalue weighted by molar-refractivity contribution is 5.83. The van der Waals surface area contributed by atoms with Crippen molar-refractivity contribution in [3.8, 4) is 0 Å². The number of hydrogen-bond donors (Lipinski definition) is 1. The van der Waals surface area contributed by atoms with Crippen molar-refractivity contribution in [1.82, 2.24) is 10.2 Å². The topological polar surface area (TPSA) is 41.6 Å². The van der Waals surface area contributed by atoms with Crippen molar-refractivity contribution in [1.29, 1.82) is 0 Å². The lowest BCUT2D eigenvalue weighted by Gasteiger charge is -2.15. The molecule has 4 heteroatoms. The van der Waals surface area contributed by atoms with Crippen LogP contribution in [0.15, 0.2) is 42.5 Å². The second-order valence-corrected chi connectivity index (χ2v) is 6.93. The Balaban J connectivity index is 1.39. The number of nitrogens with one attached hydrogen (secondary N) is 1. The fourth-order valence-electron chi connectivity index (χ4n) is 3.50. The molecule has 1 aliphatic rings. The van der Waals surface area contributed by atoms with Gasteiger partial charge in [0.2, 0.25) is 5.91 Å². The Morgan fingerprint density at radius 2 is 2.08 bits per heavy atom. The minimum atomic E-state index is 0.156. The van der Waals surface area contributed by atoms with Crippen LogP contribution in [0.1, 0.15) is 18.4 Å². The molecule has 0 aliphatic carbocycles. The predicted molar refractivity (Wildman–Crippen MR) is 102 cm³/mol. The quantitative estimate of drug-likeness (QED) is 0.803. The van der Waals surface area contributed by atoms with Crippen LogP contribution in [0.5, 0.6) is 0 Å². The van der Waals surface area contributed by atoms with Crippen LogP contribution in [-0.2, 0) is 16.0 Å². The minimum Gasteiger partial charge on any atom is -0.383 e. The molecule has 1 N–H and O–H groups in total. The lowest BCUT2D eigenvalue weighted by molar-refractivity contribution is -0.121. The van der Waals surface area contributed by atoms with Gasteiger partial charge in [-0.15, -0.1) is 0 Å². The second kappa shape index (κ2) is 8.97. The summed E-state index contributed by atoms with van der Waals surface area (Å²) in [4.78, 5) is 14.6. The highest BCUT2D eigenvalue weighted by atomic mass is 16.5. The molecule has 4 nitrogen and oxygen atoms in total. The number of methoxy groups -OCH3 is 1. The predicted octanol–water partition coefficient (Wildman–Crippen LogP) is 2.86. The van der Waals surface area contributed by atoms with Gasteiger partial charge < -0.3 is 15.0 Å². The first-order valence-electron chi connectivity index (χ1n) is 9.20. The molecule has 0 aromatic heterocycles. The van der Waals surface area contributed by atoms with Gasteiger partial charge in [-0.25, -0.2) is 0 Å². The van der Waals surface area contributed by atoms with Crippen molar-refractivity contribution < 1.29 is 9.53 Å². The number of nitrogens with zero attached hydrogens (tertiary/aromatic N) is 1. The van der Waals surface area contributed by atoms with Gasteiger partial charge in [-0.3, -0.25) is 4.79 Å². The minimum absolute atomic E-state index is 0.156. The summed E-state index contributed by atoms with van der Waals surface area (Å²) >= 11 is 0. The molecule has 0 radical (unpaired) electrons. The third-order valence-corrected chi connectivity index (χ3v) is 5.02. The van der Waals surface area contributed by atoms with Crippen LogP contribution in [0.2, 0.25) is 0 Å². The summed E-state index contributed by atoms with van der Waals surface area (Å²) in [5.74, 6) is 0.727. The Labute approximate surface area is 150 Å². The van der Waals surface area contributed by atoms with Gasteiger partial charge in [-0.1, -0.05) is 42.5 Å². The average Bonchev–Trinajstić information content (AvgIpc) is 3.10. The zero-order chi connectivity index (χ0) is 17.5. The average molecular weight is 340 g/mol. The van der Waals surface area contributed by atoms with Crippen molar-refractivity contribution >= 4 is 16.7 Å². The van der Waals surface area contributed by atoms with E-state index in [0.29, 0.717) is 12.3 Å². The van der Waals surface area contributed by atoms with Crippen molar-refractivity contribution in [3.05, 3.63) is 48.0 Å².